The number of rotatable bonds is 1. The van der Waals surface area contributed by atoms with Gasteiger partial charge in [-0.15, -0.1) is 0 Å². The van der Waals surface area contributed by atoms with Crippen LogP contribution in [0.2, 0.25) is 0 Å². The fraction of sp³-hybridized carbons (Fsp3) is 0.0909. The monoisotopic (exact) mass is 218 g/mol. The minimum absolute atomic E-state index is 0.158. The van der Waals surface area contributed by atoms with Gasteiger partial charge in [0.25, 0.3) is 0 Å². The molecule has 2 aromatic rings. The zero-order valence-electron chi connectivity index (χ0n) is 8.60. The zero-order valence-corrected chi connectivity index (χ0v) is 8.60. The first kappa shape index (κ1) is 10.2. The summed E-state index contributed by atoms with van der Waals surface area (Å²) in [6, 6.07) is 7.12. The Balaban J connectivity index is 2.66. The predicted molar refractivity (Wildman–Crippen MR) is 59.9 cm³/mol. The van der Waals surface area contributed by atoms with Crippen LogP contribution >= 0.6 is 0 Å². The molecule has 5 nitrogen and oxygen atoms in total. The maximum atomic E-state index is 11.3. The van der Waals surface area contributed by atoms with Gasteiger partial charge in [0.15, 0.2) is 0 Å². The second kappa shape index (κ2) is 3.69. The zero-order chi connectivity index (χ0) is 11.7. The third-order valence-electron chi connectivity index (χ3n) is 2.29. The highest BCUT2D eigenvalue weighted by molar-refractivity contribution is 6.03. The Labute approximate surface area is 91.3 Å². The molecule has 0 aliphatic carbocycles. The first-order chi connectivity index (χ1) is 7.59. The number of fused-ring (bicyclic) bond motifs is 1. The maximum Gasteiger partial charge on any atom is 0.409 e. The highest BCUT2D eigenvalue weighted by atomic mass is 16.4. The molecule has 1 aromatic heterocycles. The highest BCUT2D eigenvalue weighted by Gasteiger charge is 2.11. The smallest absolute Gasteiger partial charge is 0.409 e. The molecule has 0 saturated heterocycles. The molecule has 1 heterocycles. The van der Waals surface area contributed by atoms with Gasteiger partial charge in [-0.3, -0.25) is 14.7 Å². The van der Waals surface area contributed by atoms with E-state index in [2.05, 4.69) is 5.32 Å². The lowest BCUT2D eigenvalue weighted by Gasteiger charge is -1.96. The lowest BCUT2D eigenvalue weighted by molar-refractivity contribution is 0.0941. The van der Waals surface area contributed by atoms with Crippen LogP contribution in [0.15, 0.2) is 30.5 Å². The molecule has 0 saturated carbocycles. The topological polar surface area (TPSA) is 71.3 Å². The average molecular weight is 218 g/mol. The lowest BCUT2D eigenvalue weighted by Crippen LogP contribution is -2.07. The van der Waals surface area contributed by atoms with Crippen LogP contribution in [0, 0.1) is 0 Å². The largest absolute Gasteiger partial charge is 0.465 e. The molecule has 16 heavy (non-hydrogen) atoms. The molecule has 1 amide bonds. The minimum atomic E-state index is -1.15. The van der Waals surface area contributed by atoms with E-state index >= 15 is 0 Å². The number of para-hydroxylation sites is 1. The van der Waals surface area contributed by atoms with Gasteiger partial charge in [0.2, 0.25) is 5.91 Å². The molecular formula is C11H10N2O3. The van der Waals surface area contributed by atoms with Crippen molar-refractivity contribution in [1.82, 2.24) is 4.57 Å². The summed E-state index contributed by atoms with van der Waals surface area (Å²) in [6.07, 6.45) is 0.340. The molecule has 82 valence electrons. The Morgan fingerprint density at radius 2 is 2.00 bits per heavy atom. The second-order valence-corrected chi connectivity index (χ2v) is 3.38. The number of carboxylic acid groups (broad SMARTS) is 1. The van der Waals surface area contributed by atoms with Gasteiger partial charge < -0.3 is 5.11 Å². The van der Waals surface area contributed by atoms with E-state index < -0.39 is 6.09 Å². The molecule has 0 radical (unpaired) electrons. The van der Waals surface area contributed by atoms with Crippen LogP contribution in [0.5, 0.6) is 0 Å². The minimum Gasteiger partial charge on any atom is -0.465 e. The fourth-order valence-corrected chi connectivity index (χ4v) is 1.65. The summed E-state index contributed by atoms with van der Waals surface area (Å²) in [5.41, 5.74) is 1.11. The first-order valence-electron chi connectivity index (χ1n) is 4.70. The van der Waals surface area contributed by atoms with Crippen molar-refractivity contribution in [2.45, 2.75) is 6.92 Å². The third kappa shape index (κ3) is 1.63. The van der Waals surface area contributed by atoms with Crippen molar-refractivity contribution in [3.05, 3.63) is 30.5 Å². The number of hydrogen-bond acceptors (Lipinski definition) is 2. The summed E-state index contributed by atoms with van der Waals surface area (Å²) >= 11 is 0. The number of benzene rings is 1. The van der Waals surface area contributed by atoms with Crippen molar-refractivity contribution in [2.24, 2.45) is 0 Å². The molecule has 1 aromatic carbocycles. The maximum absolute atomic E-state index is 11.3. The predicted octanol–water partition coefficient (Wildman–Crippen LogP) is 2.39. The number of anilines is 1. The molecule has 0 aliphatic rings. The second-order valence-electron chi connectivity index (χ2n) is 3.38. The summed E-state index contributed by atoms with van der Waals surface area (Å²) in [5.74, 6) is -0.158. The van der Waals surface area contributed by atoms with Crippen LogP contribution < -0.4 is 5.32 Å². The SMILES string of the molecule is CC(=O)n1cc(NC(=O)O)c2ccccc21. The van der Waals surface area contributed by atoms with Gasteiger partial charge in [0.1, 0.15) is 0 Å². The van der Waals surface area contributed by atoms with Gasteiger partial charge in [-0.2, -0.15) is 0 Å². The van der Waals surface area contributed by atoms with Crippen molar-refractivity contribution in [2.75, 3.05) is 5.32 Å². The summed E-state index contributed by atoms with van der Waals surface area (Å²) in [7, 11) is 0. The number of amides is 1. The van der Waals surface area contributed by atoms with Crippen molar-refractivity contribution in [3.8, 4) is 0 Å². The van der Waals surface area contributed by atoms with E-state index in [4.69, 9.17) is 5.11 Å². The fourth-order valence-electron chi connectivity index (χ4n) is 1.65. The molecule has 2 N–H and O–H groups in total. The number of hydrogen-bond donors (Lipinski definition) is 2. The Hall–Kier alpha value is -2.30. The van der Waals surface area contributed by atoms with E-state index in [1.165, 1.54) is 17.7 Å². The van der Waals surface area contributed by atoms with Gasteiger partial charge in [-0.05, 0) is 6.07 Å². The Morgan fingerprint density at radius 1 is 1.31 bits per heavy atom. The van der Waals surface area contributed by atoms with E-state index in [9.17, 15) is 9.59 Å². The molecule has 2 rings (SSSR count). The molecule has 0 atom stereocenters. The van der Waals surface area contributed by atoms with Crippen LogP contribution in [-0.4, -0.2) is 21.7 Å². The van der Waals surface area contributed by atoms with Crippen LogP contribution in [-0.2, 0) is 0 Å². The van der Waals surface area contributed by atoms with Crippen LogP contribution in [0.1, 0.15) is 11.7 Å². The summed E-state index contributed by atoms with van der Waals surface area (Å²) in [4.78, 5) is 21.9. The summed E-state index contributed by atoms with van der Waals surface area (Å²) < 4.78 is 1.42. The van der Waals surface area contributed by atoms with E-state index in [1.54, 1.807) is 24.3 Å². The number of aromatic nitrogens is 1. The Bertz CT molecular complexity index is 572. The van der Waals surface area contributed by atoms with Gasteiger partial charge in [0, 0.05) is 18.5 Å². The van der Waals surface area contributed by atoms with Gasteiger partial charge in [0.05, 0.1) is 11.2 Å². The molecule has 0 unspecified atom stereocenters. The molecule has 5 heteroatoms. The van der Waals surface area contributed by atoms with E-state index in [1.807, 2.05) is 0 Å². The number of nitrogens with zero attached hydrogens (tertiary/aromatic N) is 1. The Kier molecular flexibility index (Phi) is 2.36. The van der Waals surface area contributed by atoms with Crippen molar-refractivity contribution in [1.29, 1.82) is 0 Å². The van der Waals surface area contributed by atoms with E-state index in [0.717, 1.165) is 0 Å². The van der Waals surface area contributed by atoms with Crippen molar-refractivity contribution >= 4 is 28.6 Å². The summed E-state index contributed by atoms with van der Waals surface area (Å²) in [6.45, 7) is 1.43. The van der Waals surface area contributed by atoms with Crippen LogP contribution in [0.4, 0.5) is 10.5 Å². The Morgan fingerprint density at radius 3 is 2.62 bits per heavy atom. The highest BCUT2D eigenvalue weighted by Crippen LogP contribution is 2.25. The van der Waals surface area contributed by atoms with Gasteiger partial charge in [-0.25, -0.2) is 4.79 Å². The molecule has 0 aliphatic heterocycles. The average Bonchev–Trinajstić information content (AvgIpc) is 2.57. The third-order valence-corrected chi connectivity index (χ3v) is 2.29. The van der Waals surface area contributed by atoms with Crippen LogP contribution in [0.3, 0.4) is 0 Å². The lowest BCUT2D eigenvalue weighted by atomic mass is 10.2. The van der Waals surface area contributed by atoms with Crippen molar-refractivity contribution < 1.29 is 14.7 Å². The molecule has 0 bridgehead atoms. The standard InChI is InChI=1S/C11H10N2O3/c1-7(14)13-6-9(12-11(15)16)8-4-2-3-5-10(8)13/h2-6,12H,1H3,(H,15,16). The molecular weight excluding hydrogens is 208 g/mol. The number of carbonyl (C=O) groups is 2. The van der Waals surface area contributed by atoms with Gasteiger partial charge >= 0.3 is 6.09 Å². The van der Waals surface area contributed by atoms with E-state index in [0.29, 0.717) is 16.6 Å². The molecule has 0 fully saturated rings. The first-order valence-corrected chi connectivity index (χ1v) is 4.70. The quantitative estimate of drug-likeness (QED) is 0.771. The normalized spacial score (nSPS) is 10.3. The number of nitrogens with one attached hydrogen (secondary N) is 1. The van der Waals surface area contributed by atoms with Gasteiger partial charge in [-0.1, -0.05) is 18.2 Å². The van der Waals surface area contributed by atoms with Crippen LogP contribution in [0.25, 0.3) is 10.9 Å². The summed E-state index contributed by atoms with van der Waals surface area (Å²) in [5, 5.41) is 11.6. The number of carbonyl (C=O) groups excluding carboxylic acids is 1. The van der Waals surface area contributed by atoms with Crippen molar-refractivity contribution in [3.63, 3.8) is 0 Å². The van der Waals surface area contributed by atoms with E-state index in [-0.39, 0.29) is 5.91 Å². The molecule has 0 spiro atoms.